The summed E-state index contributed by atoms with van der Waals surface area (Å²) in [6, 6.07) is 1.72. The van der Waals surface area contributed by atoms with Gasteiger partial charge >= 0.3 is 0 Å². The molecule has 0 radical (unpaired) electrons. The predicted octanol–water partition coefficient (Wildman–Crippen LogP) is 1.93. The van der Waals surface area contributed by atoms with Gasteiger partial charge in [-0.25, -0.2) is 0 Å². The van der Waals surface area contributed by atoms with Crippen molar-refractivity contribution in [1.29, 1.82) is 0 Å². The molecule has 3 saturated heterocycles. The first-order valence-electron chi connectivity index (χ1n) is 8.47. The van der Waals surface area contributed by atoms with E-state index < -0.39 is 0 Å². The van der Waals surface area contributed by atoms with Crippen LogP contribution in [0, 0.1) is 5.92 Å². The van der Waals surface area contributed by atoms with Crippen LogP contribution in [0.5, 0.6) is 0 Å². The fraction of sp³-hybridized carbons (Fsp3) is 1.00. The first-order chi connectivity index (χ1) is 9.31. The van der Waals surface area contributed by atoms with Gasteiger partial charge in [-0.05, 0) is 90.6 Å². The van der Waals surface area contributed by atoms with Crippen LogP contribution in [0.2, 0.25) is 0 Å². The summed E-state index contributed by atoms with van der Waals surface area (Å²) in [7, 11) is 2.25. The second kappa shape index (κ2) is 6.55. The number of fused-ring (bicyclic) bond motifs is 1. The zero-order chi connectivity index (χ0) is 13.1. The molecular weight excluding hydrogens is 234 g/mol. The lowest BCUT2D eigenvalue weighted by Gasteiger charge is -2.35. The molecule has 2 unspecified atom stereocenters. The molecule has 0 spiro atoms. The molecule has 3 heteroatoms. The molecule has 3 rings (SSSR count). The molecule has 3 aliphatic heterocycles. The first kappa shape index (κ1) is 13.8. The first-order valence-corrected chi connectivity index (χ1v) is 8.47. The number of hydrogen-bond acceptors (Lipinski definition) is 3. The summed E-state index contributed by atoms with van der Waals surface area (Å²) < 4.78 is 0. The van der Waals surface area contributed by atoms with Crippen molar-refractivity contribution in [3.8, 4) is 0 Å². The minimum Gasteiger partial charge on any atom is -0.314 e. The minimum absolute atomic E-state index is 0.811. The van der Waals surface area contributed by atoms with Gasteiger partial charge in [-0.3, -0.25) is 0 Å². The molecule has 3 fully saturated rings. The van der Waals surface area contributed by atoms with Gasteiger partial charge < -0.3 is 15.1 Å². The van der Waals surface area contributed by atoms with Crippen molar-refractivity contribution in [3.63, 3.8) is 0 Å². The van der Waals surface area contributed by atoms with E-state index in [4.69, 9.17) is 0 Å². The van der Waals surface area contributed by atoms with Gasteiger partial charge in [0, 0.05) is 12.1 Å². The van der Waals surface area contributed by atoms with Gasteiger partial charge in [-0.2, -0.15) is 0 Å². The van der Waals surface area contributed by atoms with E-state index in [-0.39, 0.29) is 0 Å². The van der Waals surface area contributed by atoms with Gasteiger partial charge in [0.15, 0.2) is 0 Å². The Hall–Kier alpha value is -0.120. The number of rotatable bonds is 4. The molecule has 1 N–H and O–H groups in total. The summed E-state index contributed by atoms with van der Waals surface area (Å²) in [5.74, 6) is 0.982. The van der Waals surface area contributed by atoms with Gasteiger partial charge in [0.2, 0.25) is 0 Å². The molecule has 0 aromatic rings. The van der Waals surface area contributed by atoms with Gasteiger partial charge in [0.25, 0.3) is 0 Å². The van der Waals surface area contributed by atoms with Crippen LogP contribution in [0.3, 0.4) is 0 Å². The van der Waals surface area contributed by atoms with Crippen LogP contribution >= 0.6 is 0 Å². The molecule has 0 aromatic heterocycles. The van der Waals surface area contributed by atoms with E-state index >= 15 is 0 Å². The van der Waals surface area contributed by atoms with E-state index in [2.05, 4.69) is 22.2 Å². The van der Waals surface area contributed by atoms with Gasteiger partial charge in [-0.15, -0.1) is 0 Å². The highest BCUT2D eigenvalue weighted by atomic mass is 15.2. The molecule has 3 nitrogen and oxygen atoms in total. The molecule has 3 heterocycles. The second-order valence-electron chi connectivity index (χ2n) is 7.04. The third kappa shape index (κ3) is 3.71. The minimum atomic E-state index is 0.811. The molecule has 19 heavy (non-hydrogen) atoms. The third-order valence-corrected chi connectivity index (χ3v) is 5.64. The van der Waals surface area contributed by atoms with Crippen molar-refractivity contribution in [2.45, 2.75) is 57.0 Å². The zero-order valence-electron chi connectivity index (χ0n) is 12.6. The van der Waals surface area contributed by atoms with E-state index in [0.717, 1.165) is 18.0 Å². The smallest absolute Gasteiger partial charge is 0.0111 e. The van der Waals surface area contributed by atoms with Crippen molar-refractivity contribution in [2.75, 3.05) is 39.8 Å². The fourth-order valence-electron chi connectivity index (χ4n) is 4.25. The van der Waals surface area contributed by atoms with E-state index in [1.807, 2.05) is 0 Å². The van der Waals surface area contributed by atoms with Gasteiger partial charge in [0.1, 0.15) is 0 Å². The maximum atomic E-state index is 3.85. The fourth-order valence-corrected chi connectivity index (χ4v) is 4.25. The molecule has 0 aromatic carbocycles. The maximum absolute atomic E-state index is 3.85. The molecule has 110 valence electrons. The van der Waals surface area contributed by atoms with Crippen molar-refractivity contribution >= 4 is 0 Å². The van der Waals surface area contributed by atoms with Crippen molar-refractivity contribution in [3.05, 3.63) is 0 Å². The Labute approximate surface area is 118 Å². The van der Waals surface area contributed by atoms with Gasteiger partial charge in [0.05, 0.1) is 0 Å². The molecule has 0 amide bonds. The van der Waals surface area contributed by atoms with E-state index in [0.29, 0.717) is 0 Å². The summed E-state index contributed by atoms with van der Waals surface area (Å²) in [6.07, 6.45) is 9.91. The Morgan fingerprint density at radius 3 is 2.68 bits per heavy atom. The number of hydrogen-bond donors (Lipinski definition) is 1. The van der Waals surface area contributed by atoms with Crippen LogP contribution in [0.1, 0.15) is 44.9 Å². The third-order valence-electron chi connectivity index (χ3n) is 5.64. The molecular formula is C16H31N3. The van der Waals surface area contributed by atoms with E-state index in [9.17, 15) is 0 Å². The highest BCUT2D eigenvalue weighted by Gasteiger charge is 2.31. The van der Waals surface area contributed by atoms with Crippen molar-refractivity contribution in [1.82, 2.24) is 15.1 Å². The van der Waals surface area contributed by atoms with Gasteiger partial charge in [-0.1, -0.05) is 0 Å². The number of likely N-dealkylation sites (tertiary alicyclic amines) is 1. The van der Waals surface area contributed by atoms with Crippen LogP contribution < -0.4 is 5.32 Å². The number of nitrogens with zero attached hydrogens (tertiary/aromatic N) is 2. The quantitative estimate of drug-likeness (QED) is 0.838. The second-order valence-corrected chi connectivity index (χ2v) is 7.04. The van der Waals surface area contributed by atoms with Crippen LogP contribution in [-0.4, -0.2) is 61.7 Å². The monoisotopic (exact) mass is 265 g/mol. The maximum Gasteiger partial charge on any atom is 0.0111 e. The van der Waals surface area contributed by atoms with Crippen LogP contribution in [0.4, 0.5) is 0 Å². The molecule has 2 atom stereocenters. The van der Waals surface area contributed by atoms with Crippen LogP contribution in [0.15, 0.2) is 0 Å². The SMILES string of the molecule is CN1CCC(CCNC2CCN3CCCC3C2)CC1. The standard InChI is InChI=1S/C16H31N3/c1-18-10-5-14(6-11-18)4-8-17-15-7-12-19-9-2-3-16(19)13-15/h14-17H,2-13H2,1H3. The molecule has 0 aliphatic carbocycles. The summed E-state index contributed by atoms with van der Waals surface area (Å²) in [5.41, 5.74) is 0. The lowest BCUT2D eigenvalue weighted by molar-refractivity contribution is 0.163. The van der Waals surface area contributed by atoms with E-state index in [1.54, 1.807) is 0 Å². The lowest BCUT2D eigenvalue weighted by atomic mass is 9.93. The molecule has 3 aliphatic rings. The number of piperidine rings is 2. The predicted molar refractivity (Wildman–Crippen MR) is 80.5 cm³/mol. The summed E-state index contributed by atoms with van der Waals surface area (Å²) >= 11 is 0. The average Bonchev–Trinajstić information content (AvgIpc) is 2.88. The van der Waals surface area contributed by atoms with Crippen molar-refractivity contribution < 1.29 is 0 Å². The number of nitrogens with one attached hydrogen (secondary N) is 1. The highest BCUT2D eigenvalue weighted by molar-refractivity contribution is 4.89. The van der Waals surface area contributed by atoms with E-state index in [1.165, 1.54) is 77.7 Å². The normalized spacial score (nSPS) is 34.6. The molecule has 0 bridgehead atoms. The highest BCUT2D eigenvalue weighted by Crippen LogP contribution is 2.27. The molecule has 0 saturated carbocycles. The lowest BCUT2D eigenvalue weighted by Crippen LogP contribution is -2.46. The largest absolute Gasteiger partial charge is 0.314 e. The Balaban J connectivity index is 1.32. The average molecular weight is 265 g/mol. The van der Waals surface area contributed by atoms with Crippen molar-refractivity contribution in [2.24, 2.45) is 5.92 Å². The van der Waals surface area contributed by atoms with Crippen LogP contribution in [0.25, 0.3) is 0 Å². The summed E-state index contributed by atoms with van der Waals surface area (Å²) in [6.45, 7) is 6.59. The Kier molecular flexibility index (Phi) is 4.78. The topological polar surface area (TPSA) is 18.5 Å². The summed E-state index contributed by atoms with van der Waals surface area (Å²) in [5, 5.41) is 3.85. The van der Waals surface area contributed by atoms with Crippen LogP contribution in [-0.2, 0) is 0 Å². The Morgan fingerprint density at radius 1 is 1.00 bits per heavy atom. The summed E-state index contributed by atoms with van der Waals surface area (Å²) in [4.78, 5) is 5.19. The Bertz CT molecular complexity index is 273. The zero-order valence-corrected chi connectivity index (χ0v) is 12.6. The Morgan fingerprint density at radius 2 is 1.84 bits per heavy atom.